The highest BCUT2D eigenvalue weighted by molar-refractivity contribution is 6.34. The lowest BCUT2D eigenvalue weighted by Crippen LogP contribution is -2.51. The molecular weight excluding hydrogens is 465 g/mol. The van der Waals surface area contributed by atoms with E-state index in [-0.39, 0.29) is 17.9 Å². The first kappa shape index (κ1) is 24.4. The molecule has 1 unspecified atom stereocenters. The van der Waals surface area contributed by atoms with E-state index in [1.165, 1.54) is 0 Å². The van der Waals surface area contributed by atoms with E-state index < -0.39 is 5.60 Å². The highest BCUT2D eigenvalue weighted by Crippen LogP contribution is 2.29. The zero-order valence-electron chi connectivity index (χ0n) is 18.2. The summed E-state index contributed by atoms with van der Waals surface area (Å²) >= 11 is 18.2. The lowest BCUT2D eigenvalue weighted by atomic mass is 9.86. The molecule has 1 amide bonds. The van der Waals surface area contributed by atoms with Gasteiger partial charge in [0, 0.05) is 27.0 Å². The highest BCUT2D eigenvalue weighted by Gasteiger charge is 2.33. The Morgan fingerprint density at radius 1 is 0.906 bits per heavy atom. The van der Waals surface area contributed by atoms with E-state index in [4.69, 9.17) is 39.5 Å². The summed E-state index contributed by atoms with van der Waals surface area (Å²) in [7, 11) is 0. The normalized spacial score (nSPS) is 13.3. The number of carbonyl (C=O) groups excluding carboxylic acids is 1. The Hall–Kier alpha value is -2.20. The van der Waals surface area contributed by atoms with Crippen LogP contribution < -0.4 is 10.1 Å². The van der Waals surface area contributed by atoms with Gasteiger partial charge in [0.1, 0.15) is 5.75 Å². The van der Waals surface area contributed by atoms with Crippen LogP contribution in [0.5, 0.6) is 5.75 Å². The van der Waals surface area contributed by atoms with Crippen LogP contribution in [0.15, 0.2) is 72.8 Å². The molecule has 0 saturated heterocycles. The van der Waals surface area contributed by atoms with Crippen molar-refractivity contribution in [1.29, 1.82) is 0 Å². The van der Waals surface area contributed by atoms with Gasteiger partial charge in [0.25, 0.3) is 5.91 Å². The molecule has 0 spiro atoms. The lowest BCUT2D eigenvalue weighted by molar-refractivity contribution is -0.135. The summed E-state index contributed by atoms with van der Waals surface area (Å²) in [6.45, 7) is 5.46. The van der Waals surface area contributed by atoms with Gasteiger partial charge in [-0.3, -0.25) is 4.79 Å². The van der Waals surface area contributed by atoms with Crippen molar-refractivity contribution in [3.63, 3.8) is 0 Å². The largest absolute Gasteiger partial charge is 0.478 e. The molecule has 0 heterocycles. The second-order valence-electron chi connectivity index (χ2n) is 8.33. The van der Waals surface area contributed by atoms with Crippen LogP contribution in [-0.2, 0) is 11.2 Å². The fraction of sp³-hybridized carbons (Fsp3) is 0.269. The molecule has 0 aliphatic carbocycles. The Balaban J connectivity index is 1.77. The maximum absolute atomic E-state index is 13.2. The topological polar surface area (TPSA) is 38.3 Å². The number of benzene rings is 3. The molecule has 32 heavy (non-hydrogen) atoms. The van der Waals surface area contributed by atoms with Gasteiger partial charge in [-0.2, -0.15) is 0 Å². The molecule has 3 aromatic carbocycles. The van der Waals surface area contributed by atoms with Crippen molar-refractivity contribution in [1.82, 2.24) is 5.32 Å². The van der Waals surface area contributed by atoms with Gasteiger partial charge in [-0.25, -0.2) is 0 Å². The van der Waals surface area contributed by atoms with Crippen LogP contribution in [0.2, 0.25) is 15.1 Å². The lowest BCUT2D eigenvalue weighted by Gasteiger charge is -2.31. The van der Waals surface area contributed by atoms with Gasteiger partial charge in [-0.15, -0.1) is 0 Å². The van der Waals surface area contributed by atoms with Crippen molar-refractivity contribution >= 4 is 40.7 Å². The molecule has 2 atom stereocenters. The zero-order valence-corrected chi connectivity index (χ0v) is 20.5. The number of rotatable bonds is 8. The molecule has 3 rings (SSSR count). The van der Waals surface area contributed by atoms with E-state index >= 15 is 0 Å². The molecule has 6 heteroatoms. The highest BCUT2D eigenvalue weighted by atomic mass is 35.5. The van der Waals surface area contributed by atoms with E-state index in [9.17, 15) is 4.79 Å². The number of halogens is 3. The van der Waals surface area contributed by atoms with Crippen LogP contribution in [0.1, 0.15) is 37.8 Å². The number of carbonyl (C=O) groups is 1. The molecular formula is C26H26Cl3NO2. The van der Waals surface area contributed by atoms with E-state index in [0.717, 1.165) is 17.5 Å². The van der Waals surface area contributed by atoms with E-state index in [2.05, 4.69) is 17.4 Å². The predicted molar refractivity (Wildman–Crippen MR) is 133 cm³/mol. The van der Waals surface area contributed by atoms with E-state index in [1.54, 1.807) is 32.0 Å². The molecule has 168 valence electrons. The molecule has 0 saturated carbocycles. The van der Waals surface area contributed by atoms with Crippen LogP contribution >= 0.6 is 34.8 Å². The standard InChI is InChI=1S/C26H26Cl3NO2/c1-17(30-25(31)26(2,3)32-23-15-21(28)14-22(29)16-23)24(19-7-5-4-6-8-19)13-18-9-11-20(27)12-10-18/h4-12,14-17,24H,13H2,1-3H3,(H,30,31)/t17?,24-/m1/s1. The average molecular weight is 491 g/mol. The van der Waals surface area contributed by atoms with Crippen LogP contribution in [0.4, 0.5) is 0 Å². The third-order valence-electron chi connectivity index (χ3n) is 5.31. The Kier molecular flexibility index (Phi) is 8.10. The molecule has 1 N–H and O–H groups in total. The first-order valence-electron chi connectivity index (χ1n) is 10.4. The first-order valence-corrected chi connectivity index (χ1v) is 11.5. The summed E-state index contributed by atoms with van der Waals surface area (Å²) < 4.78 is 5.95. The second kappa shape index (κ2) is 10.6. The predicted octanol–water partition coefficient (Wildman–Crippen LogP) is 7.34. The molecule has 3 nitrogen and oxygen atoms in total. The van der Waals surface area contributed by atoms with E-state index in [1.807, 2.05) is 49.4 Å². The third-order valence-corrected chi connectivity index (χ3v) is 6.00. The molecule has 0 aliphatic heterocycles. The van der Waals surface area contributed by atoms with Gasteiger partial charge >= 0.3 is 0 Å². The van der Waals surface area contributed by atoms with Gasteiger partial charge < -0.3 is 10.1 Å². The number of hydrogen-bond acceptors (Lipinski definition) is 2. The van der Waals surface area contributed by atoms with Crippen molar-refractivity contribution in [2.24, 2.45) is 0 Å². The number of nitrogens with one attached hydrogen (secondary N) is 1. The number of hydrogen-bond donors (Lipinski definition) is 1. The van der Waals surface area contributed by atoms with Gasteiger partial charge in [-0.05, 0) is 68.7 Å². The maximum atomic E-state index is 13.2. The van der Waals surface area contributed by atoms with Crippen LogP contribution in [-0.4, -0.2) is 17.6 Å². The van der Waals surface area contributed by atoms with Crippen molar-refractivity contribution in [2.45, 2.75) is 44.8 Å². The quantitative estimate of drug-likeness (QED) is 0.359. The summed E-state index contributed by atoms with van der Waals surface area (Å²) in [5.41, 5.74) is 1.17. The summed E-state index contributed by atoms with van der Waals surface area (Å²) in [5, 5.41) is 4.74. The maximum Gasteiger partial charge on any atom is 0.263 e. The van der Waals surface area contributed by atoms with Gasteiger partial charge in [0.15, 0.2) is 5.60 Å². The third kappa shape index (κ3) is 6.65. The van der Waals surface area contributed by atoms with Gasteiger partial charge in [0.05, 0.1) is 0 Å². The Bertz CT molecular complexity index is 1030. The smallest absolute Gasteiger partial charge is 0.263 e. The summed E-state index contributed by atoms with van der Waals surface area (Å²) in [6.07, 6.45) is 0.758. The Morgan fingerprint density at radius 3 is 2.09 bits per heavy atom. The molecule has 0 bridgehead atoms. The molecule has 0 fully saturated rings. The number of ether oxygens (including phenoxy) is 1. The fourth-order valence-electron chi connectivity index (χ4n) is 3.57. The fourth-order valence-corrected chi connectivity index (χ4v) is 4.20. The molecule has 3 aromatic rings. The van der Waals surface area contributed by atoms with Crippen LogP contribution in [0.3, 0.4) is 0 Å². The summed E-state index contributed by atoms with van der Waals surface area (Å²) in [5.74, 6) is 0.284. The monoisotopic (exact) mass is 489 g/mol. The minimum Gasteiger partial charge on any atom is -0.478 e. The molecule has 0 radical (unpaired) electrons. The summed E-state index contributed by atoms with van der Waals surface area (Å²) in [6, 6.07) is 22.7. The van der Waals surface area contributed by atoms with Crippen LogP contribution in [0.25, 0.3) is 0 Å². The zero-order chi connectivity index (χ0) is 23.3. The van der Waals surface area contributed by atoms with Crippen molar-refractivity contribution in [3.05, 3.63) is 99.0 Å². The first-order chi connectivity index (χ1) is 15.1. The van der Waals surface area contributed by atoms with Crippen molar-refractivity contribution in [2.75, 3.05) is 0 Å². The van der Waals surface area contributed by atoms with Crippen molar-refractivity contribution in [3.8, 4) is 5.75 Å². The SMILES string of the molecule is CC(NC(=O)C(C)(C)Oc1cc(Cl)cc(Cl)c1)[C@@H](Cc1ccc(Cl)cc1)c1ccccc1. The minimum atomic E-state index is -1.12. The minimum absolute atomic E-state index is 0.0674. The van der Waals surface area contributed by atoms with Gasteiger partial charge in [-0.1, -0.05) is 77.3 Å². The van der Waals surface area contributed by atoms with Gasteiger partial charge in [0.2, 0.25) is 0 Å². The number of amides is 1. The van der Waals surface area contributed by atoms with Crippen LogP contribution in [0, 0.1) is 0 Å². The second-order valence-corrected chi connectivity index (χ2v) is 9.64. The Morgan fingerprint density at radius 2 is 1.50 bits per heavy atom. The van der Waals surface area contributed by atoms with E-state index in [0.29, 0.717) is 20.8 Å². The Labute approximate surface area is 204 Å². The summed E-state index contributed by atoms with van der Waals surface area (Å²) in [4.78, 5) is 13.2. The molecule has 0 aromatic heterocycles. The molecule has 0 aliphatic rings. The average Bonchev–Trinajstić information content (AvgIpc) is 2.72. The van der Waals surface area contributed by atoms with Crippen molar-refractivity contribution < 1.29 is 9.53 Å².